The highest BCUT2D eigenvalue weighted by molar-refractivity contribution is 7.99. The van der Waals surface area contributed by atoms with Crippen molar-refractivity contribution in [3.63, 3.8) is 0 Å². The van der Waals surface area contributed by atoms with Crippen LogP contribution in [0.1, 0.15) is 29.8 Å². The SMILES string of the molecule is COC(=O)c1ccc(C)c(NC(=O)CSc2nc3ccccc3n2CC(C)C)c1. The highest BCUT2D eigenvalue weighted by atomic mass is 32.2. The first-order valence-corrected chi connectivity index (χ1v) is 10.4. The Kier molecular flexibility index (Phi) is 6.59. The molecule has 0 saturated carbocycles. The van der Waals surface area contributed by atoms with Crippen LogP contribution in [0.4, 0.5) is 5.69 Å². The van der Waals surface area contributed by atoms with E-state index in [-0.39, 0.29) is 11.7 Å². The van der Waals surface area contributed by atoms with E-state index in [0.717, 1.165) is 28.3 Å². The number of nitrogens with one attached hydrogen (secondary N) is 1. The maximum atomic E-state index is 12.6. The summed E-state index contributed by atoms with van der Waals surface area (Å²) in [6.45, 7) is 7.04. The summed E-state index contributed by atoms with van der Waals surface area (Å²) in [6.07, 6.45) is 0. The molecule has 1 amide bonds. The number of imidazole rings is 1. The van der Waals surface area contributed by atoms with Crippen molar-refractivity contribution in [1.29, 1.82) is 0 Å². The van der Waals surface area contributed by atoms with Crippen molar-refractivity contribution in [2.75, 3.05) is 18.2 Å². The van der Waals surface area contributed by atoms with Gasteiger partial charge in [0.05, 0.1) is 29.5 Å². The van der Waals surface area contributed by atoms with Crippen LogP contribution in [0.15, 0.2) is 47.6 Å². The summed E-state index contributed by atoms with van der Waals surface area (Å²) in [5.74, 6) is 0.105. The number of para-hydroxylation sites is 2. The van der Waals surface area contributed by atoms with Gasteiger partial charge in [0.15, 0.2) is 5.16 Å². The molecule has 0 aliphatic rings. The van der Waals surface area contributed by atoms with Gasteiger partial charge in [-0.1, -0.05) is 43.8 Å². The van der Waals surface area contributed by atoms with Gasteiger partial charge in [-0.15, -0.1) is 0 Å². The maximum absolute atomic E-state index is 12.6. The lowest BCUT2D eigenvalue weighted by Gasteiger charge is -2.12. The molecule has 3 rings (SSSR count). The number of hydrogen-bond donors (Lipinski definition) is 1. The molecule has 6 nitrogen and oxygen atoms in total. The highest BCUT2D eigenvalue weighted by Crippen LogP contribution is 2.26. The summed E-state index contributed by atoms with van der Waals surface area (Å²) in [5.41, 5.74) is 3.89. The van der Waals surface area contributed by atoms with Crippen molar-refractivity contribution in [2.45, 2.75) is 32.5 Å². The summed E-state index contributed by atoms with van der Waals surface area (Å²) in [6, 6.07) is 13.1. The van der Waals surface area contributed by atoms with Gasteiger partial charge in [-0.05, 0) is 42.7 Å². The Morgan fingerprint density at radius 3 is 2.69 bits per heavy atom. The van der Waals surface area contributed by atoms with Gasteiger partial charge in [-0.2, -0.15) is 0 Å². The van der Waals surface area contributed by atoms with Crippen LogP contribution in [0, 0.1) is 12.8 Å². The molecule has 29 heavy (non-hydrogen) atoms. The van der Waals surface area contributed by atoms with Crippen LogP contribution in [0.2, 0.25) is 0 Å². The second kappa shape index (κ2) is 9.13. The first-order chi connectivity index (χ1) is 13.9. The van der Waals surface area contributed by atoms with E-state index < -0.39 is 5.97 Å². The predicted octanol–water partition coefficient (Wildman–Crippen LogP) is 4.52. The second-order valence-corrected chi connectivity index (χ2v) is 8.19. The molecule has 0 saturated heterocycles. The molecule has 1 heterocycles. The number of aromatic nitrogens is 2. The van der Waals surface area contributed by atoms with Gasteiger partial charge in [0, 0.05) is 12.2 Å². The predicted molar refractivity (Wildman–Crippen MR) is 116 cm³/mol. The van der Waals surface area contributed by atoms with Gasteiger partial charge in [-0.3, -0.25) is 4.79 Å². The molecule has 0 radical (unpaired) electrons. The molecule has 2 aromatic carbocycles. The average Bonchev–Trinajstić information content (AvgIpc) is 3.04. The van der Waals surface area contributed by atoms with Gasteiger partial charge in [0.1, 0.15) is 0 Å². The molecule has 7 heteroatoms. The standard InChI is InChI=1S/C22H25N3O3S/c1-14(2)12-25-19-8-6-5-7-17(19)24-22(25)29-13-20(26)23-18-11-16(21(27)28-4)10-9-15(18)3/h5-11,14H,12-13H2,1-4H3,(H,23,26). The molecule has 1 aromatic heterocycles. The zero-order chi connectivity index (χ0) is 21.0. The fourth-order valence-corrected chi connectivity index (χ4v) is 3.85. The normalized spacial score (nSPS) is 11.1. The summed E-state index contributed by atoms with van der Waals surface area (Å²) in [5, 5.41) is 3.72. The van der Waals surface area contributed by atoms with Crippen LogP contribution in [0.5, 0.6) is 0 Å². The molecule has 0 aliphatic carbocycles. The van der Waals surface area contributed by atoms with Crippen LogP contribution >= 0.6 is 11.8 Å². The van der Waals surface area contributed by atoms with E-state index in [9.17, 15) is 9.59 Å². The Labute approximate surface area is 174 Å². The Morgan fingerprint density at radius 1 is 1.21 bits per heavy atom. The van der Waals surface area contributed by atoms with Gasteiger partial charge in [0.25, 0.3) is 0 Å². The number of nitrogens with zero attached hydrogens (tertiary/aromatic N) is 2. The fraction of sp³-hybridized carbons (Fsp3) is 0.318. The van der Waals surface area contributed by atoms with Crippen LogP contribution in [0.3, 0.4) is 0 Å². The van der Waals surface area contributed by atoms with Gasteiger partial charge in [-0.25, -0.2) is 9.78 Å². The third-order valence-electron chi connectivity index (χ3n) is 4.43. The number of rotatable bonds is 7. The number of anilines is 1. The molecule has 0 spiro atoms. The van der Waals surface area contributed by atoms with Gasteiger partial charge in [0.2, 0.25) is 5.91 Å². The van der Waals surface area contributed by atoms with E-state index >= 15 is 0 Å². The fourth-order valence-electron chi connectivity index (χ4n) is 3.02. The van der Waals surface area contributed by atoms with Crippen LogP contribution in [0.25, 0.3) is 11.0 Å². The highest BCUT2D eigenvalue weighted by Gasteiger charge is 2.15. The molecule has 0 bridgehead atoms. The van der Waals surface area contributed by atoms with Crippen LogP contribution in [-0.2, 0) is 16.1 Å². The number of thioether (sulfide) groups is 1. The van der Waals surface area contributed by atoms with Crippen LogP contribution < -0.4 is 5.32 Å². The number of ether oxygens (including phenoxy) is 1. The Bertz CT molecular complexity index is 1040. The zero-order valence-corrected chi connectivity index (χ0v) is 17.9. The second-order valence-electron chi connectivity index (χ2n) is 7.25. The van der Waals surface area contributed by atoms with Gasteiger partial charge < -0.3 is 14.6 Å². The summed E-state index contributed by atoms with van der Waals surface area (Å²) >= 11 is 1.41. The minimum absolute atomic E-state index is 0.150. The quantitative estimate of drug-likeness (QED) is 0.457. The first-order valence-electron chi connectivity index (χ1n) is 9.46. The Morgan fingerprint density at radius 2 is 1.97 bits per heavy atom. The number of amides is 1. The molecule has 152 valence electrons. The number of hydrogen-bond acceptors (Lipinski definition) is 5. The number of fused-ring (bicyclic) bond motifs is 1. The van der Waals surface area contributed by atoms with Crippen molar-refractivity contribution in [2.24, 2.45) is 5.92 Å². The Balaban J connectivity index is 1.74. The lowest BCUT2D eigenvalue weighted by Crippen LogP contribution is -2.16. The number of carbonyl (C=O) groups excluding carboxylic acids is 2. The molecule has 0 aliphatic heterocycles. The molecule has 0 fully saturated rings. The van der Waals surface area contributed by atoms with E-state index in [4.69, 9.17) is 9.72 Å². The topological polar surface area (TPSA) is 73.2 Å². The molecular formula is C22H25N3O3S. The van der Waals surface area contributed by atoms with E-state index in [2.05, 4.69) is 29.8 Å². The van der Waals surface area contributed by atoms with Crippen LogP contribution in [-0.4, -0.2) is 34.3 Å². The number of carbonyl (C=O) groups is 2. The third kappa shape index (κ3) is 4.98. The zero-order valence-electron chi connectivity index (χ0n) is 17.1. The van der Waals surface area contributed by atoms with Crippen molar-refractivity contribution in [3.05, 3.63) is 53.6 Å². The number of aryl methyl sites for hydroxylation is 1. The van der Waals surface area contributed by atoms with Crippen molar-refractivity contribution in [3.8, 4) is 0 Å². The molecule has 1 N–H and O–H groups in total. The average molecular weight is 412 g/mol. The van der Waals surface area contributed by atoms with E-state index in [1.165, 1.54) is 18.9 Å². The minimum Gasteiger partial charge on any atom is -0.465 e. The van der Waals surface area contributed by atoms with Crippen molar-refractivity contribution >= 4 is 40.4 Å². The van der Waals surface area contributed by atoms with E-state index in [1.54, 1.807) is 18.2 Å². The minimum atomic E-state index is -0.433. The smallest absolute Gasteiger partial charge is 0.337 e. The number of esters is 1. The number of methoxy groups -OCH3 is 1. The third-order valence-corrected chi connectivity index (χ3v) is 5.41. The molecule has 0 unspecified atom stereocenters. The summed E-state index contributed by atoms with van der Waals surface area (Å²) in [7, 11) is 1.33. The first kappa shape index (κ1) is 20.9. The lowest BCUT2D eigenvalue weighted by molar-refractivity contribution is -0.113. The van der Waals surface area contributed by atoms with Crippen molar-refractivity contribution in [1.82, 2.24) is 9.55 Å². The Hall–Kier alpha value is -2.80. The molecular weight excluding hydrogens is 386 g/mol. The van der Waals surface area contributed by atoms with E-state index in [1.807, 2.05) is 25.1 Å². The van der Waals surface area contributed by atoms with Gasteiger partial charge >= 0.3 is 5.97 Å². The largest absolute Gasteiger partial charge is 0.465 e. The number of benzene rings is 2. The molecule has 3 aromatic rings. The lowest BCUT2D eigenvalue weighted by atomic mass is 10.1. The molecule has 0 atom stereocenters. The summed E-state index contributed by atoms with van der Waals surface area (Å²) < 4.78 is 6.92. The van der Waals surface area contributed by atoms with E-state index in [0.29, 0.717) is 17.2 Å². The maximum Gasteiger partial charge on any atom is 0.337 e. The monoisotopic (exact) mass is 411 g/mol. The summed E-state index contributed by atoms with van der Waals surface area (Å²) in [4.78, 5) is 29.0. The van der Waals surface area contributed by atoms with Crippen molar-refractivity contribution < 1.29 is 14.3 Å².